The van der Waals surface area contributed by atoms with E-state index in [1.54, 1.807) is 0 Å². The predicted molar refractivity (Wildman–Crippen MR) is 76.0 cm³/mol. The maximum Gasteiger partial charge on any atom is 0.0833 e. The van der Waals surface area contributed by atoms with Crippen molar-refractivity contribution in [2.45, 2.75) is 26.4 Å². The standard InChI is InChI=1S/C16H17ClO/c1-11-5-3-6-13(9-11)10-16(18)14-7-4-8-15(17)12(14)2/h3-9,16,18H,10H2,1-2H3. The summed E-state index contributed by atoms with van der Waals surface area (Å²) in [6.07, 6.45) is 0.105. The molecule has 2 aromatic carbocycles. The van der Waals surface area contributed by atoms with Crippen LogP contribution in [-0.4, -0.2) is 5.11 Å². The van der Waals surface area contributed by atoms with Crippen molar-refractivity contribution in [3.05, 3.63) is 69.7 Å². The quantitative estimate of drug-likeness (QED) is 0.876. The number of hydrogen-bond donors (Lipinski definition) is 1. The molecule has 1 N–H and O–H groups in total. The fourth-order valence-corrected chi connectivity index (χ4v) is 2.34. The Morgan fingerprint density at radius 2 is 1.83 bits per heavy atom. The molecule has 0 fully saturated rings. The topological polar surface area (TPSA) is 20.2 Å². The van der Waals surface area contributed by atoms with E-state index in [-0.39, 0.29) is 0 Å². The maximum atomic E-state index is 10.3. The number of aliphatic hydroxyl groups is 1. The number of hydrogen-bond acceptors (Lipinski definition) is 1. The van der Waals surface area contributed by atoms with Crippen LogP contribution >= 0.6 is 11.6 Å². The van der Waals surface area contributed by atoms with Crippen LogP contribution < -0.4 is 0 Å². The monoisotopic (exact) mass is 260 g/mol. The lowest BCUT2D eigenvalue weighted by atomic mass is 9.97. The van der Waals surface area contributed by atoms with Crippen molar-refractivity contribution in [2.75, 3.05) is 0 Å². The molecule has 0 aromatic heterocycles. The van der Waals surface area contributed by atoms with Crippen LogP contribution in [0.3, 0.4) is 0 Å². The largest absolute Gasteiger partial charge is 0.388 e. The number of aliphatic hydroxyl groups excluding tert-OH is 1. The maximum absolute atomic E-state index is 10.3. The van der Waals surface area contributed by atoms with Crippen LogP contribution in [0.5, 0.6) is 0 Å². The Labute approximate surface area is 113 Å². The van der Waals surface area contributed by atoms with Crippen molar-refractivity contribution in [1.29, 1.82) is 0 Å². The lowest BCUT2D eigenvalue weighted by Crippen LogP contribution is -2.04. The van der Waals surface area contributed by atoms with Crippen molar-refractivity contribution in [3.8, 4) is 0 Å². The van der Waals surface area contributed by atoms with Crippen LogP contribution in [0.4, 0.5) is 0 Å². The zero-order valence-electron chi connectivity index (χ0n) is 10.7. The van der Waals surface area contributed by atoms with E-state index >= 15 is 0 Å². The number of rotatable bonds is 3. The van der Waals surface area contributed by atoms with Gasteiger partial charge in [-0.15, -0.1) is 0 Å². The smallest absolute Gasteiger partial charge is 0.0833 e. The van der Waals surface area contributed by atoms with Crippen LogP contribution in [0.2, 0.25) is 5.02 Å². The van der Waals surface area contributed by atoms with Crippen LogP contribution in [0, 0.1) is 13.8 Å². The average molecular weight is 261 g/mol. The summed E-state index contributed by atoms with van der Waals surface area (Å²) in [4.78, 5) is 0. The Morgan fingerprint density at radius 1 is 1.11 bits per heavy atom. The highest BCUT2D eigenvalue weighted by atomic mass is 35.5. The summed E-state index contributed by atoms with van der Waals surface area (Å²) in [5.41, 5.74) is 4.22. The Morgan fingerprint density at radius 3 is 2.56 bits per heavy atom. The summed E-state index contributed by atoms with van der Waals surface area (Å²) in [6, 6.07) is 13.9. The molecule has 2 aromatic rings. The fraction of sp³-hybridized carbons (Fsp3) is 0.250. The van der Waals surface area contributed by atoms with E-state index < -0.39 is 6.10 Å². The summed E-state index contributed by atoms with van der Waals surface area (Å²) in [5, 5.41) is 11.0. The Bertz CT molecular complexity index is 549. The van der Waals surface area contributed by atoms with Gasteiger partial charge in [0.1, 0.15) is 0 Å². The van der Waals surface area contributed by atoms with Gasteiger partial charge in [-0.05, 0) is 36.6 Å². The Balaban J connectivity index is 2.22. The lowest BCUT2D eigenvalue weighted by molar-refractivity contribution is 0.177. The molecule has 2 heteroatoms. The molecular formula is C16H17ClO. The first kappa shape index (κ1) is 13.1. The molecule has 18 heavy (non-hydrogen) atoms. The van der Waals surface area contributed by atoms with Crippen LogP contribution in [0.15, 0.2) is 42.5 Å². The second-order valence-electron chi connectivity index (χ2n) is 4.66. The minimum absolute atomic E-state index is 0.509. The van der Waals surface area contributed by atoms with Crippen molar-refractivity contribution >= 4 is 11.6 Å². The zero-order chi connectivity index (χ0) is 13.1. The summed E-state index contributed by atoms with van der Waals surface area (Å²) in [5.74, 6) is 0. The van der Waals surface area contributed by atoms with E-state index in [4.69, 9.17) is 11.6 Å². The lowest BCUT2D eigenvalue weighted by Gasteiger charge is -2.15. The summed E-state index contributed by atoms with van der Waals surface area (Å²) in [6.45, 7) is 4.00. The molecule has 0 heterocycles. The number of halogens is 1. The Hall–Kier alpha value is -1.31. The van der Waals surface area contributed by atoms with E-state index in [0.29, 0.717) is 11.4 Å². The average Bonchev–Trinajstić information content (AvgIpc) is 2.32. The molecule has 0 aliphatic heterocycles. The van der Waals surface area contributed by atoms with Crippen LogP contribution in [0.1, 0.15) is 28.4 Å². The zero-order valence-corrected chi connectivity index (χ0v) is 11.4. The molecule has 1 atom stereocenters. The SMILES string of the molecule is Cc1cccc(CC(O)c2cccc(Cl)c2C)c1. The second-order valence-corrected chi connectivity index (χ2v) is 5.07. The molecule has 1 nitrogen and oxygen atoms in total. The van der Waals surface area contributed by atoms with Gasteiger partial charge in [-0.2, -0.15) is 0 Å². The van der Waals surface area contributed by atoms with Gasteiger partial charge in [0.05, 0.1) is 6.10 Å². The minimum Gasteiger partial charge on any atom is -0.388 e. The first-order valence-corrected chi connectivity index (χ1v) is 6.44. The molecule has 0 bridgehead atoms. The highest BCUT2D eigenvalue weighted by Gasteiger charge is 2.12. The molecule has 0 spiro atoms. The third kappa shape index (κ3) is 2.92. The van der Waals surface area contributed by atoms with Gasteiger partial charge in [-0.3, -0.25) is 0 Å². The predicted octanol–water partition coefficient (Wildman–Crippen LogP) is 4.23. The molecule has 0 saturated heterocycles. The van der Waals surface area contributed by atoms with Gasteiger partial charge < -0.3 is 5.11 Å². The summed E-state index contributed by atoms with van der Waals surface area (Å²) < 4.78 is 0. The van der Waals surface area contributed by atoms with E-state index in [2.05, 4.69) is 19.1 Å². The highest BCUT2D eigenvalue weighted by molar-refractivity contribution is 6.31. The first-order valence-electron chi connectivity index (χ1n) is 6.06. The van der Waals surface area contributed by atoms with Crippen LogP contribution in [0.25, 0.3) is 0 Å². The first-order chi connectivity index (χ1) is 8.58. The van der Waals surface area contributed by atoms with Gasteiger partial charge in [0.15, 0.2) is 0 Å². The van der Waals surface area contributed by atoms with Crippen molar-refractivity contribution < 1.29 is 5.11 Å². The molecule has 94 valence electrons. The molecule has 0 aliphatic carbocycles. The minimum atomic E-state index is -0.509. The number of aryl methyl sites for hydroxylation is 1. The van der Waals surface area contributed by atoms with E-state index in [9.17, 15) is 5.11 Å². The normalized spacial score (nSPS) is 12.4. The molecule has 0 amide bonds. The molecule has 0 saturated carbocycles. The van der Waals surface area contributed by atoms with E-state index in [1.807, 2.05) is 37.3 Å². The fourth-order valence-electron chi connectivity index (χ4n) is 2.16. The van der Waals surface area contributed by atoms with Gasteiger partial charge >= 0.3 is 0 Å². The Kier molecular flexibility index (Phi) is 4.05. The van der Waals surface area contributed by atoms with Gasteiger partial charge in [0.2, 0.25) is 0 Å². The van der Waals surface area contributed by atoms with Crippen molar-refractivity contribution in [1.82, 2.24) is 0 Å². The third-order valence-corrected chi connectivity index (χ3v) is 3.59. The van der Waals surface area contributed by atoms with E-state index in [0.717, 1.165) is 16.7 Å². The van der Waals surface area contributed by atoms with Gasteiger partial charge in [-0.25, -0.2) is 0 Å². The third-order valence-electron chi connectivity index (χ3n) is 3.18. The summed E-state index contributed by atoms with van der Waals surface area (Å²) >= 11 is 6.08. The second kappa shape index (κ2) is 5.55. The van der Waals surface area contributed by atoms with Crippen LogP contribution in [-0.2, 0) is 6.42 Å². The van der Waals surface area contributed by atoms with Crippen molar-refractivity contribution in [2.24, 2.45) is 0 Å². The molecule has 0 radical (unpaired) electrons. The van der Waals surface area contributed by atoms with Crippen molar-refractivity contribution in [3.63, 3.8) is 0 Å². The van der Waals surface area contributed by atoms with Gasteiger partial charge in [0.25, 0.3) is 0 Å². The highest BCUT2D eigenvalue weighted by Crippen LogP contribution is 2.26. The number of benzene rings is 2. The van der Waals surface area contributed by atoms with Gasteiger partial charge in [0, 0.05) is 11.4 Å². The molecule has 2 rings (SSSR count). The van der Waals surface area contributed by atoms with E-state index in [1.165, 1.54) is 5.56 Å². The van der Waals surface area contributed by atoms with Gasteiger partial charge in [-0.1, -0.05) is 53.6 Å². The summed E-state index contributed by atoms with van der Waals surface area (Å²) in [7, 11) is 0. The molecular weight excluding hydrogens is 244 g/mol. The molecule has 1 unspecified atom stereocenters. The molecule has 0 aliphatic rings.